The summed E-state index contributed by atoms with van der Waals surface area (Å²) in [4.78, 5) is 11.5. The molecule has 0 aromatic heterocycles. The van der Waals surface area contributed by atoms with Crippen molar-refractivity contribution in [2.45, 2.75) is 25.8 Å². The molecule has 80 valence electrons. The molecular weight excluding hydrogens is 190 g/mol. The Labute approximate surface area is 89.2 Å². The van der Waals surface area contributed by atoms with Gasteiger partial charge < -0.3 is 10.5 Å². The van der Waals surface area contributed by atoms with E-state index in [4.69, 9.17) is 10.5 Å². The summed E-state index contributed by atoms with van der Waals surface area (Å²) in [5.74, 6) is -0.264. The number of carbonyl (C=O) groups excluding carboxylic acids is 1. The quantitative estimate of drug-likeness (QED) is 0.701. The minimum Gasteiger partial charge on any atom is -0.465 e. The summed E-state index contributed by atoms with van der Waals surface area (Å²) in [6, 6.07) is 3.94. The van der Waals surface area contributed by atoms with Gasteiger partial charge in [-0.15, -0.1) is 0 Å². The molecule has 0 saturated heterocycles. The maximum atomic E-state index is 11.5. The Morgan fingerprint density at radius 1 is 1.40 bits per heavy atom. The Morgan fingerprint density at radius 3 is 2.73 bits per heavy atom. The highest BCUT2D eigenvalue weighted by Crippen LogP contribution is 2.28. The number of rotatable bonds is 1. The average molecular weight is 205 g/mol. The first-order valence-electron chi connectivity index (χ1n) is 5.08. The van der Waals surface area contributed by atoms with Crippen LogP contribution < -0.4 is 5.73 Å². The minimum atomic E-state index is -0.264. The van der Waals surface area contributed by atoms with Gasteiger partial charge in [-0.3, -0.25) is 0 Å². The first-order valence-corrected chi connectivity index (χ1v) is 5.08. The van der Waals surface area contributed by atoms with E-state index in [0.717, 1.165) is 18.4 Å². The summed E-state index contributed by atoms with van der Waals surface area (Å²) < 4.78 is 4.76. The standard InChI is InChI=1S/C12H15NO2/c1-7-3-4-9(12(14)15-2)11-6-8(13)5-10(7)11/h3-4,8H,5-6,13H2,1-2H3. The SMILES string of the molecule is COC(=O)c1ccc(C)c2c1CC(N)C2. The molecule has 1 aliphatic rings. The summed E-state index contributed by atoms with van der Waals surface area (Å²) in [5, 5.41) is 0. The highest BCUT2D eigenvalue weighted by Gasteiger charge is 2.25. The summed E-state index contributed by atoms with van der Waals surface area (Å²) in [5.41, 5.74) is 10.1. The van der Waals surface area contributed by atoms with Crippen molar-refractivity contribution in [2.75, 3.05) is 7.11 Å². The smallest absolute Gasteiger partial charge is 0.338 e. The highest BCUT2D eigenvalue weighted by atomic mass is 16.5. The molecule has 0 amide bonds. The van der Waals surface area contributed by atoms with Crippen molar-refractivity contribution in [3.05, 3.63) is 34.4 Å². The molecule has 0 bridgehead atoms. The predicted molar refractivity (Wildman–Crippen MR) is 57.9 cm³/mol. The van der Waals surface area contributed by atoms with Crippen molar-refractivity contribution < 1.29 is 9.53 Å². The van der Waals surface area contributed by atoms with Gasteiger partial charge in [-0.2, -0.15) is 0 Å². The number of carbonyl (C=O) groups is 1. The first-order chi connectivity index (χ1) is 7.13. The van der Waals surface area contributed by atoms with Crippen molar-refractivity contribution in [3.8, 4) is 0 Å². The highest BCUT2D eigenvalue weighted by molar-refractivity contribution is 5.91. The third-order valence-electron chi connectivity index (χ3n) is 3.00. The maximum Gasteiger partial charge on any atom is 0.338 e. The molecule has 1 aromatic rings. The molecule has 0 saturated carbocycles. The molecule has 0 heterocycles. The molecule has 0 spiro atoms. The first kappa shape index (κ1) is 10.2. The van der Waals surface area contributed by atoms with Crippen LogP contribution in [0.2, 0.25) is 0 Å². The minimum absolute atomic E-state index is 0.143. The number of hydrogen-bond donors (Lipinski definition) is 1. The molecule has 1 atom stereocenters. The summed E-state index contributed by atoms with van der Waals surface area (Å²) in [7, 11) is 1.41. The van der Waals surface area contributed by atoms with E-state index in [0.29, 0.717) is 5.56 Å². The topological polar surface area (TPSA) is 52.3 Å². The maximum absolute atomic E-state index is 11.5. The summed E-state index contributed by atoms with van der Waals surface area (Å²) >= 11 is 0. The molecular formula is C12H15NO2. The second-order valence-electron chi connectivity index (χ2n) is 4.05. The van der Waals surface area contributed by atoms with Gasteiger partial charge in [0, 0.05) is 6.04 Å². The van der Waals surface area contributed by atoms with Crippen LogP contribution in [0.15, 0.2) is 12.1 Å². The van der Waals surface area contributed by atoms with Crippen LogP contribution in [0.5, 0.6) is 0 Å². The molecule has 3 heteroatoms. The lowest BCUT2D eigenvalue weighted by molar-refractivity contribution is 0.0599. The largest absolute Gasteiger partial charge is 0.465 e. The van der Waals surface area contributed by atoms with Crippen LogP contribution in [0.25, 0.3) is 0 Å². The van der Waals surface area contributed by atoms with Gasteiger partial charge in [0.15, 0.2) is 0 Å². The van der Waals surface area contributed by atoms with Crippen LogP contribution in [-0.2, 0) is 17.6 Å². The van der Waals surface area contributed by atoms with E-state index in [-0.39, 0.29) is 12.0 Å². The lowest BCUT2D eigenvalue weighted by Crippen LogP contribution is -2.19. The van der Waals surface area contributed by atoms with Gasteiger partial charge in [0.05, 0.1) is 12.7 Å². The zero-order valence-electron chi connectivity index (χ0n) is 9.04. The molecule has 0 radical (unpaired) electrons. The van der Waals surface area contributed by atoms with E-state index in [9.17, 15) is 4.79 Å². The fraction of sp³-hybridized carbons (Fsp3) is 0.417. The molecule has 3 nitrogen and oxygen atoms in total. The second kappa shape index (κ2) is 3.66. The Morgan fingerprint density at radius 2 is 2.07 bits per heavy atom. The number of benzene rings is 1. The molecule has 15 heavy (non-hydrogen) atoms. The number of hydrogen-bond acceptors (Lipinski definition) is 3. The molecule has 1 aliphatic carbocycles. The van der Waals surface area contributed by atoms with Crippen LogP contribution >= 0.6 is 0 Å². The fourth-order valence-corrected chi connectivity index (χ4v) is 2.23. The van der Waals surface area contributed by atoms with Gasteiger partial charge in [0.25, 0.3) is 0 Å². The Bertz CT molecular complexity index is 412. The van der Waals surface area contributed by atoms with Crippen molar-refractivity contribution >= 4 is 5.97 Å². The molecule has 0 aliphatic heterocycles. The number of methoxy groups -OCH3 is 1. The van der Waals surface area contributed by atoms with Crippen molar-refractivity contribution in [1.82, 2.24) is 0 Å². The molecule has 2 rings (SSSR count). The van der Waals surface area contributed by atoms with Gasteiger partial charge in [0.1, 0.15) is 0 Å². The van der Waals surface area contributed by atoms with Crippen molar-refractivity contribution in [3.63, 3.8) is 0 Å². The summed E-state index contributed by atoms with van der Waals surface area (Å²) in [6.45, 7) is 2.05. The van der Waals surface area contributed by atoms with Crippen LogP contribution in [0.4, 0.5) is 0 Å². The average Bonchev–Trinajstić information content (AvgIpc) is 2.60. The monoisotopic (exact) mass is 205 g/mol. The lowest BCUT2D eigenvalue weighted by Gasteiger charge is -2.08. The third-order valence-corrected chi connectivity index (χ3v) is 3.00. The van der Waals surface area contributed by atoms with E-state index >= 15 is 0 Å². The third kappa shape index (κ3) is 1.63. The van der Waals surface area contributed by atoms with E-state index in [1.807, 2.05) is 12.1 Å². The van der Waals surface area contributed by atoms with Gasteiger partial charge in [-0.1, -0.05) is 6.07 Å². The van der Waals surface area contributed by atoms with E-state index in [2.05, 4.69) is 6.92 Å². The second-order valence-corrected chi connectivity index (χ2v) is 4.05. The van der Waals surface area contributed by atoms with Crippen molar-refractivity contribution in [1.29, 1.82) is 0 Å². The van der Waals surface area contributed by atoms with E-state index < -0.39 is 0 Å². The number of esters is 1. The molecule has 2 N–H and O–H groups in total. The predicted octanol–water partition coefficient (Wildman–Crippen LogP) is 1.21. The normalized spacial score (nSPS) is 18.7. The molecule has 1 unspecified atom stereocenters. The van der Waals surface area contributed by atoms with Crippen LogP contribution in [0, 0.1) is 6.92 Å². The van der Waals surface area contributed by atoms with Crippen LogP contribution in [-0.4, -0.2) is 19.1 Å². The Kier molecular flexibility index (Phi) is 2.49. The lowest BCUT2D eigenvalue weighted by atomic mass is 9.99. The van der Waals surface area contributed by atoms with Gasteiger partial charge in [0.2, 0.25) is 0 Å². The Hall–Kier alpha value is -1.35. The van der Waals surface area contributed by atoms with Crippen molar-refractivity contribution in [2.24, 2.45) is 5.73 Å². The number of fused-ring (bicyclic) bond motifs is 1. The van der Waals surface area contributed by atoms with E-state index in [1.54, 1.807) is 0 Å². The van der Waals surface area contributed by atoms with Gasteiger partial charge >= 0.3 is 5.97 Å². The van der Waals surface area contributed by atoms with Crippen LogP contribution in [0.3, 0.4) is 0 Å². The zero-order chi connectivity index (χ0) is 11.0. The zero-order valence-corrected chi connectivity index (χ0v) is 9.04. The van der Waals surface area contributed by atoms with Gasteiger partial charge in [-0.05, 0) is 42.5 Å². The molecule has 1 aromatic carbocycles. The fourth-order valence-electron chi connectivity index (χ4n) is 2.23. The Balaban J connectivity index is 2.52. The number of ether oxygens (including phenoxy) is 1. The van der Waals surface area contributed by atoms with Crippen LogP contribution in [0.1, 0.15) is 27.0 Å². The van der Waals surface area contributed by atoms with Gasteiger partial charge in [-0.25, -0.2) is 4.79 Å². The molecule has 0 fully saturated rings. The van der Waals surface area contributed by atoms with E-state index in [1.165, 1.54) is 18.2 Å². The summed E-state index contributed by atoms with van der Waals surface area (Å²) in [6.07, 6.45) is 1.65. The number of aryl methyl sites for hydroxylation is 1. The number of nitrogens with two attached hydrogens (primary N) is 1.